The molecule has 38 heavy (non-hydrogen) atoms. The number of carbonyl (C=O) groups is 1. The summed E-state index contributed by atoms with van der Waals surface area (Å²) in [5.74, 6) is -1.25. The lowest BCUT2D eigenvalue weighted by molar-refractivity contribution is 0.0496. The van der Waals surface area contributed by atoms with Gasteiger partial charge in [-0.3, -0.25) is 4.79 Å². The maximum Gasteiger partial charge on any atom is 0.254 e. The lowest BCUT2D eigenvalue weighted by Gasteiger charge is -2.26. The monoisotopic (exact) mass is 541 g/mol. The molecule has 0 N–H and O–H groups in total. The van der Waals surface area contributed by atoms with E-state index in [1.54, 1.807) is 27.7 Å². The summed E-state index contributed by atoms with van der Waals surface area (Å²) in [5.41, 5.74) is 1.21. The van der Waals surface area contributed by atoms with Crippen molar-refractivity contribution in [1.29, 1.82) is 0 Å². The maximum absolute atomic E-state index is 14.3. The molecule has 202 valence electrons. The van der Waals surface area contributed by atoms with Gasteiger partial charge in [0.1, 0.15) is 5.82 Å². The van der Waals surface area contributed by atoms with Crippen molar-refractivity contribution in [2.45, 2.75) is 61.9 Å². The number of nitrogens with zero attached hydrogens (tertiary/aromatic N) is 3. The van der Waals surface area contributed by atoms with Crippen LogP contribution < -0.4 is 0 Å². The number of hydrogen-bond acceptors (Lipinski definition) is 6. The van der Waals surface area contributed by atoms with E-state index in [2.05, 4.69) is 4.98 Å². The zero-order chi connectivity index (χ0) is 26.5. The van der Waals surface area contributed by atoms with E-state index >= 15 is 0 Å². The number of sulfone groups is 1. The second kappa shape index (κ2) is 11.8. The van der Waals surface area contributed by atoms with Crippen molar-refractivity contribution in [3.63, 3.8) is 0 Å². The van der Waals surface area contributed by atoms with Crippen LogP contribution in [0.4, 0.5) is 4.39 Å². The highest BCUT2D eigenvalue weighted by atomic mass is 32.2. The number of carbonyl (C=O) groups excluding carboxylic acids is 1. The summed E-state index contributed by atoms with van der Waals surface area (Å²) < 4.78 is 54.6. The summed E-state index contributed by atoms with van der Waals surface area (Å²) in [4.78, 5) is 19.5. The van der Waals surface area contributed by atoms with Crippen LogP contribution in [0, 0.1) is 5.82 Å². The third-order valence-electron chi connectivity index (χ3n) is 7.00. The van der Waals surface area contributed by atoms with E-state index in [0.717, 1.165) is 25.7 Å². The molecular weight excluding hydrogens is 509 g/mol. The average molecular weight is 542 g/mol. The molecule has 8 nitrogen and oxygen atoms in total. The van der Waals surface area contributed by atoms with Crippen molar-refractivity contribution in [3.8, 4) is 0 Å². The summed E-state index contributed by atoms with van der Waals surface area (Å²) in [6.07, 6.45) is 4.74. The molecule has 3 heterocycles. The molecule has 0 bridgehead atoms. The fourth-order valence-corrected chi connectivity index (χ4v) is 6.56. The number of hydrogen-bond donors (Lipinski definition) is 0. The van der Waals surface area contributed by atoms with Gasteiger partial charge in [0, 0.05) is 30.9 Å². The van der Waals surface area contributed by atoms with E-state index in [0.29, 0.717) is 31.0 Å². The van der Waals surface area contributed by atoms with Gasteiger partial charge in [0.05, 0.1) is 42.9 Å². The minimum Gasteiger partial charge on any atom is -0.376 e. The summed E-state index contributed by atoms with van der Waals surface area (Å²) >= 11 is 0. The molecule has 1 aromatic heterocycles. The van der Waals surface area contributed by atoms with Gasteiger partial charge >= 0.3 is 0 Å². The van der Waals surface area contributed by atoms with Gasteiger partial charge in [0.2, 0.25) is 15.0 Å². The zero-order valence-electron chi connectivity index (χ0n) is 21.2. The molecule has 2 saturated heterocycles. The Labute approximate surface area is 222 Å². The number of imidazole rings is 1. The molecule has 2 atom stereocenters. The van der Waals surface area contributed by atoms with Crippen molar-refractivity contribution < 1.29 is 27.1 Å². The number of rotatable bonds is 10. The minimum absolute atomic E-state index is 0.0820. The Balaban J connectivity index is 1.47. The second-order valence-corrected chi connectivity index (χ2v) is 11.7. The first kappa shape index (κ1) is 26.5. The van der Waals surface area contributed by atoms with Gasteiger partial charge in [0.25, 0.3) is 5.91 Å². The fraction of sp³-hybridized carbons (Fsp3) is 0.429. The van der Waals surface area contributed by atoms with Crippen LogP contribution in [0.3, 0.4) is 0 Å². The summed E-state index contributed by atoms with van der Waals surface area (Å²) in [6, 6.07) is 14.8. The average Bonchev–Trinajstić information content (AvgIpc) is 3.69. The van der Waals surface area contributed by atoms with E-state index in [-0.39, 0.29) is 41.9 Å². The molecule has 10 heteroatoms. The summed E-state index contributed by atoms with van der Waals surface area (Å²) in [7, 11) is -3.99. The first-order valence-corrected chi connectivity index (χ1v) is 14.6. The number of benzene rings is 2. The zero-order valence-corrected chi connectivity index (χ0v) is 22.0. The van der Waals surface area contributed by atoms with E-state index in [9.17, 15) is 17.6 Å². The topological polar surface area (TPSA) is 90.7 Å². The Hall–Kier alpha value is -3.08. The van der Waals surface area contributed by atoms with Crippen LogP contribution in [0.2, 0.25) is 0 Å². The van der Waals surface area contributed by atoms with Crippen LogP contribution in [0.25, 0.3) is 0 Å². The summed E-state index contributed by atoms with van der Waals surface area (Å²) in [5, 5.41) is -0.143. The highest BCUT2D eigenvalue weighted by molar-refractivity contribution is 7.90. The highest BCUT2D eigenvalue weighted by Crippen LogP contribution is 2.24. The normalized spacial score (nSPS) is 19.6. The Bertz CT molecular complexity index is 1350. The molecule has 1 amide bonds. The molecule has 2 aliphatic heterocycles. The van der Waals surface area contributed by atoms with E-state index < -0.39 is 21.4 Å². The Morgan fingerprint density at radius 1 is 1.00 bits per heavy atom. The first-order valence-electron chi connectivity index (χ1n) is 13.0. The molecule has 5 rings (SSSR count). The molecule has 0 spiro atoms. The third-order valence-corrected chi connectivity index (χ3v) is 8.58. The molecule has 2 unspecified atom stereocenters. The van der Waals surface area contributed by atoms with Crippen molar-refractivity contribution in [1.82, 2.24) is 14.5 Å². The Morgan fingerprint density at radius 3 is 2.37 bits per heavy atom. The molecule has 3 aromatic rings. The largest absolute Gasteiger partial charge is 0.376 e. The smallest absolute Gasteiger partial charge is 0.254 e. The van der Waals surface area contributed by atoms with Crippen LogP contribution in [0.1, 0.15) is 47.3 Å². The molecule has 0 saturated carbocycles. The van der Waals surface area contributed by atoms with E-state index in [4.69, 9.17) is 9.47 Å². The van der Waals surface area contributed by atoms with Gasteiger partial charge < -0.3 is 18.9 Å². The molecular formula is C28H32FN3O5S. The van der Waals surface area contributed by atoms with E-state index in [1.807, 2.05) is 18.2 Å². The van der Waals surface area contributed by atoms with Crippen LogP contribution in [-0.2, 0) is 38.2 Å². The molecule has 0 radical (unpaired) electrons. The Morgan fingerprint density at radius 2 is 1.68 bits per heavy atom. The van der Waals surface area contributed by atoms with Gasteiger partial charge in [-0.2, -0.15) is 0 Å². The number of halogens is 1. The van der Waals surface area contributed by atoms with Crippen molar-refractivity contribution >= 4 is 15.7 Å². The quantitative estimate of drug-likeness (QED) is 0.386. The van der Waals surface area contributed by atoms with Gasteiger partial charge in [-0.15, -0.1) is 0 Å². The highest BCUT2D eigenvalue weighted by Gasteiger charge is 2.30. The SMILES string of the molecule is O=C(c1ccccc1)N(Cc1cnc(S(=O)(=O)Cc2ccccc2F)n1CC1CCCO1)CC1CCCO1. The third kappa shape index (κ3) is 6.14. The predicted molar refractivity (Wildman–Crippen MR) is 139 cm³/mol. The predicted octanol–water partition coefficient (Wildman–Crippen LogP) is 4.00. The van der Waals surface area contributed by atoms with Crippen LogP contribution >= 0.6 is 0 Å². The number of ether oxygens (including phenoxy) is 2. The molecule has 2 fully saturated rings. The molecule has 0 aliphatic carbocycles. The Kier molecular flexibility index (Phi) is 8.21. The van der Waals surface area contributed by atoms with Gasteiger partial charge in [-0.1, -0.05) is 36.4 Å². The molecule has 2 aliphatic rings. The minimum atomic E-state index is -3.99. The van der Waals surface area contributed by atoms with Crippen LogP contribution in [-0.4, -0.2) is 60.7 Å². The molecule has 2 aromatic carbocycles. The lowest BCUT2D eigenvalue weighted by Crippen LogP contribution is -2.37. The summed E-state index contributed by atoms with van der Waals surface area (Å²) in [6.45, 7) is 2.10. The second-order valence-electron chi connectivity index (χ2n) is 9.81. The van der Waals surface area contributed by atoms with E-state index in [1.165, 1.54) is 24.4 Å². The van der Waals surface area contributed by atoms with Crippen LogP contribution in [0.5, 0.6) is 0 Å². The van der Waals surface area contributed by atoms with Gasteiger partial charge in [-0.25, -0.2) is 17.8 Å². The first-order chi connectivity index (χ1) is 18.4. The number of aromatic nitrogens is 2. The van der Waals surface area contributed by atoms with Gasteiger partial charge in [-0.05, 0) is 43.9 Å². The standard InChI is InChI=1S/C28H32FN3O5S/c29-26-13-5-4-10-22(26)20-38(34,35)28-30-16-23(32(28)19-25-12-7-15-37-25)17-31(18-24-11-6-14-36-24)27(33)21-8-2-1-3-9-21/h1-5,8-10,13,16,24-25H,6-7,11-12,14-15,17-20H2. The van der Waals surface area contributed by atoms with Crippen molar-refractivity contribution in [2.75, 3.05) is 19.8 Å². The maximum atomic E-state index is 14.3. The van der Waals surface area contributed by atoms with Crippen molar-refractivity contribution in [2.24, 2.45) is 0 Å². The van der Waals surface area contributed by atoms with Crippen molar-refractivity contribution in [3.05, 3.63) is 83.4 Å². The van der Waals surface area contributed by atoms with Crippen LogP contribution in [0.15, 0.2) is 66.0 Å². The lowest BCUT2D eigenvalue weighted by atomic mass is 10.1. The number of amides is 1. The van der Waals surface area contributed by atoms with Gasteiger partial charge in [0.15, 0.2) is 0 Å². The fourth-order valence-electron chi connectivity index (χ4n) is 5.05.